The summed E-state index contributed by atoms with van der Waals surface area (Å²) >= 11 is 19.2. The van der Waals surface area contributed by atoms with Crippen LogP contribution in [0, 0.1) is 18.8 Å². The maximum Gasteiger partial charge on any atom is 0.347 e. The van der Waals surface area contributed by atoms with E-state index in [0.29, 0.717) is 39.6 Å². The summed E-state index contributed by atoms with van der Waals surface area (Å²) in [6, 6.07) is 6.69. The van der Waals surface area contributed by atoms with Gasteiger partial charge in [0.1, 0.15) is 10.6 Å². The van der Waals surface area contributed by atoms with Crippen molar-refractivity contribution in [1.82, 2.24) is 15.3 Å². The molecule has 1 aliphatic heterocycles. The van der Waals surface area contributed by atoms with Gasteiger partial charge in [0, 0.05) is 47.4 Å². The number of carbonyl (C=O) groups excluding carboxylic acids is 2. The number of benzene rings is 1. The average Bonchev–Trinajstić information content (AvgIpc) is 3.18. The number of carbonyl (C=O) groups is 3. The molecule has 1 saturated carbocycles. The van der Waals surface area contributed by atoms with E-state index >= 15 is 0 Å². The third kappa shape index (κ3) is 4.78. The lowest BCUT2D eigenvalue weighted by Gasteiger charge is -2.19. The highest BCUT2D eigenvalue weighted by atomic mass is 35.5. The topological polar surface area (TPSA) is 127 Å². The van der Waals surface area contributed by atoms with Crippen molar-refractivity contribution in [3.05, 3.63) is 61.3 Å². The van der Waals surface area contributed by atoms with Crippen LogP contribution in [0.5, 0.6) is 0 Å². The maximum atomic E-state index is 12.6. The van der Waals surface area contributed by atoms with Crippen LogP contribution in [0.15, 0.2) is 24.3 Å². The molecule has 2 amide bonds. The molecule has 2 aliphatic rings. The summed E-state index contributed by atoms with van der Waals surface area (Å²) in [6.45, 7) is 2.98. The van der Waals surface area contributed by atoms with E-state index in [0.717, 1.165) is 11.3 Å². The number of aromatic nitrogens is 2. The van der Waals surface area contributed by atoms with Crippen LogP contribution < -0.4 is 15.5 Å². The zero-order valence-electron chi connectivity index (χ0n) is 18.8. The molecule has 0 spiro atoms. The van der Waals surface area contributed by atoms with Gasteiger partial charge in [-0.05, 0) is 25.1 Å². The third-order valence-electron chi connectivity index (χ3n) is 6.36. The van der Waals surface area contributed by atoms with Crippen LogP contribution in [0.25, 0.3) is 0 Å². The Morgan fingerprint density at radius 3 is 2.53 bits per heavy atom. The molecule has 4 N–H and O–H groups in total. The third-order valence-corrected chi connectivity index (χ3v) is 8.69. The Labute approximate surface area is 224 Å². The zero-order valence-corrected chi connectivity index (χ0v) is 21.9. The SMILES string of the molecule is Cc1[nH]c(C(=O)NC2[C@H]3CN(c4nc(CC(=O)Nc5cccc(Cl)c5)c(C(=O)O)s4)C[C@@H]23)c(Cl)c1Cl. The van der Waals surface area contributed by atoms with Gasteiger partial charge >= 0.3 is 5.97 Å². The summed E-state index contributed by atoms with van der Waals surface area (Å²) in [6.07, 6.45) is -0.178. The number of carboxylic acids is 1. The van der Waals surface area contributed by atoms with Crippen molar-refractivity contribution in [1.29, 1.82) is 0 Å². The van der Waals surface area contributed by atoms with E-state index in [1.807, 2.05) is 4.90 Å². The highest BCUT2D eigenvalue weighted by molar-refractivity contribution is 7.17. The molecule has 36 heavy (non-hydrogen) atoms. The molecule has 0 radical (unpaired) electrons. The van der Waals surface area contributed by atoms with Crippen LogP contribution in [0.2, 0.25) is 15.1 Å². The Kier molecular flexibility index (Phi) is 6.63. The lowest BCUT2D eigenvalue weighted by Crippen LogP contribution is -2.34. The van der Waals surface area contributed by atoms with Gasteiger partial charge in [-0.2, -0.15) is 0 Å². The minimum absolute atomic E-state index is 0.00551. The number of hydrogen-bond acceptors (Lipinski definition) is 6. The molecule has 9 nitrogen and oxygen atoms in total. The number of rotatable bonds is 7. The van der Waals surface area contributed by atoms with Crippen molar-refractivity contribution in [2.24, 2.45) is 11.8 Å². The number of aromatic amines is 1. The van der Waals surface area contributed by atoms with E-state index in [1.54, 1.807) is 31.2 Å². The normalized spacial score (nSPS) is 20.2. The molecular formula is C23H20Cl3N5O4S. The van der Waals surface area contributed by atoms with Gasteiger partial charge in [-0.15, -0.1) is 0 Å². The predicted octanol–water partition coefficient (Wildman–Crippen LogP) is 4.48. The summed E-state index contributed by atoms with van der Waals surface area (Å²) in [5.41, 5.74) is 1.60. The van der Waals surface area contributed by atoms with Gasteiger partial charge in [0.05, 0.1) is 22.2 Å². The van der Waals surface area contributed by atoms with Crippen molar-refractivity contribution >= 4 is 74.7 Å². The first-order chi connectivity index (χ1) is 17.1. The Morgan fingerprint density at radius 1 is 1.19 bits per heavy atom. The molecule has 3 heterocycles. The lowest BCUT2D eigenvalue weighted by atomic mass is 10.2. The van der Waals surface area contributed by atoms with Crippen molar-refractivity contribution in [3.63, 3.8) is 0 Å². The van der Waals surface area contributed by atoms with Crippen molar-refractivity contribution < 1.29 is 19.5 Å². The number of carboxylic acid groups (broad SMARTS) is 1. The largest absolute Gasteiger partial charge is 0.477 e. The van der Waals surface area contributed by atoms with Crippen LogP contribution >= 0.6 is 46.1 Å². The quantitative estimate of drug-likeness (QED) is 0.333. The second-order valence-electron chi connectivity index (χ2n) is 8.80. The highest BCUT2D eigenvalue weighted by Gasteiger charge is 2.57. The number of thiazole rings is 1. The van der Waals surface area contributed by atoms with Crippen molar-refractivity contribution in [2.45, 2.75) is 19.4 Å². The molecule has 5 rings (SSSR count). The minimum Gasteiger partial charge on any atom is -0.477 e. The van der Waals surface area contributed by atoms with Crippen LogP contribution in [0.4, 0.5) is 10.8 Å². The molecule has 2 aromatic heterocycles. The van der Waals surface area contributed by atoms with E-state index in [-0.39, 0.29) is 57.4 Å². The summed E-state index contributed by atoms with van der Waals surface area (Å²) in [7, 11) is 0. The number of H-pyrrole nitrogens is 1. The number of fused-ring (bicyclic) bond motifs is 1. The number of aromatic carboxylic acids is 1. The smallest absolute Gasteiger partial charge is 0.347 e. The van der Waals surface area contributed by atoms with Crippen LogP contribution in [0.1, 0.15) is 31.5 Å². The van der Waals surface area contributed by atoms with E-state index < -0.39 is 5.97 Å². The van der Waals surface area contributed by atoms with Gasteiger partial charge in [-0.25, -0.2) is 9.78 Å². The molecule has 3 aromatic rings. The molecule has 3 atom stereocenters. The minimum atomic E-state index is -1.13. The molecule has 13 heteroatoms. The number of amides is 2. The van der Waals surface area contributed by atoms with Gasteiger partial charge < -0.3 is 25.6 Å². The van der Waals surface area contributed by atoms with Gasteiger partial charge in [0.2, 0.25) is 5.91 Å². The fourth-order valence-corrected chi connectivity index (χ4v) is 6.08. The van der Waals surface area contributed by atoms with Crippen LogP contribution in [0.3, 0.4) is 0 Å². The van der Waals surface area contributed by atoms with Gasteiger partial charge in [0.15, 0.2) is 5.13 Å². The summed E-state index contributed by atoms with van der Waals surface area (Å²) in [5.74, 6) is -1.40. The summed E-state index contributed by atoms with van der Waals surface area (Å²) in [4.78, 5) is 46.3. The molecular weight excluding hydrogens is 549 g/mol. The second kappa shape index (κ2) is 9.59. The molecule has 188 valence electrons. The van der Waals surface area contributed by atoms with Crippen molar-refractivity contribution in [3.8, 4) is 0 Å². The first kappa shape index (κ1) is 24.9. The Morgan fingerprint density at radius 2 is 1.92 bits per heavy atom. The number of hydrogen-bond donors (Lipinski definition) is 4. The number of piperidine rings is 1. The monoisotopic (exact) mass is 567 g/mol. The van der Waals surface area contributed by atoms with E-state index in [1.165, 1.54) is 0 Å². The zero-order chi connectivity index (χ0) is 25.7. The fourth-order valence-electron chi connectivity index (χ4n) is 4.53. The molecule has 0 bridgehead atoms. The number of nitrogens with zero attached hydrogens (tertiary/aromatic N) is 2. The first-order valence-corrected chi connectivity index (χ1v) is 12.9. The van der Waals surface area contributed by atoms with Crippen LogP contribution in [-0.4, -0.2) is 52.0 Å². The van der Waals surface area contributed by atoms with E-state index in [9.17, 15) is 19.5 Å². The van der Waals surface area contributed by atoms with Gasteiger partial charge in [0.25, 0.3) is 5.91 Å². The molecule has 1 aliphatic carbocycles. The highest BCUT2D eigenvalue weighted by Crippen LogP contribution is 2.48. The van der Waals surface area contributed by atoms with Gasteiger partial charge in [-0.3, -0.25) is 9.59 Å². The maximum absolute atomic E-state index is 12.6. The summed E-state index contributed by atoms with van der Waals surface area (Å²) in [5, 5.41) is 16.9. The average molecular weight is 569 g/mol. The lowest BCUT2D eigenvalue weighted by molar-refractivity contribution is -0.115. The van der Waals surface area contributed by atoms with Crippen LogP contribution in [-0.2, 0) is 11.2 Å². The second-order valence-corrected chi connectivity index (χ2v) is 11.0. The van der Waals surface area contributed by atoms with Crippen molar-refractivity contribution in [2.75, 3.05) is 23.3 Å². The Balaban J connectivity index is 1.21. The number of anilines is 2. The van der Waals surface area contributed by atoms with Gasteiger partial charge in [-0.1, -0.05) is 52.2 Å². The molecule has 1 aromatic carbocycles. The number of nitrogens with one attached hydrogen (secondary N) is 3. The number of aryl methyl sites for hydroxylation is 1. The Hall–Kier alpha value is -2.79. The molecule has 1 saturated heterocycles. The first-order valence-electron chi connectivity index (χ1n) is 11.0. The molecule has 1 unspecified atom stereocenters. The molecule has 2 fully saturated rings. The van der Waals surface area contributed by atoms with E-state index in [4.69, 9.17) is 34.8 Å². The Bertz CT molecular complexity index is 1380. The standard InChI is InChI=1S/C23H20Cl3N5O4S/c1-9-16(25)17(26)19(27-9)21(33)30-18-12-7-31(8-13(12)18)23-29-14(20(36-23)22(34)35)6-15(32)28-11-4-2-3-10(24)5-11/h2-5,12-13,18,27H,6-8H2,1H3,(H,28,32)(H,30,33)(H,34,35)/t12-,13+,18?. The summed E-state index contributed by atoms with van der Waals surface area (Å²) < 4.78 is 0. The van der Waals surface area contributed by atoms with E-state index in [2.05, 4.69) is 20.6 Å². The predicted molar refractivity (Wildman–Crippen MR) is 139 cm³/mol. The fraction of sp³-hybridized carbons (Fsp3) is 0.304. The number of halogens is 3.